The van der Waals surface area contributed by atoms with E-state index in [1.54, 1.807) is 63.6 Å². The SMILES string of the molecule is CN(C)C(=O)c1ccc(Cl)c(NC(=O)c2cc(Br)cnc2N(C)C)c1. The Bertz CT molecular complexity index is 824. The molecule has 0 radical (unpaired) electrons. The molecule has 0 aliphatic carbocycles. The lowest BCUT2D eigenvalue weighted by Crippen LogP contribution is -2.22. The van der Waals surface area contributed by atoms with Crippen LogP contribution in [-0.4, -0.2) is 49.9 Å². The lowest BCUT2D eigenvalue weighted by atomic mass is 10.1. The maximum atomic E-state index is 12.7. The first-order chi connectivity index (χ1) is 11.7. The monoisotopic (exact) mass is 424 g/mol. The molecule has 0 aliphatic heterocycles. The first-order valence-corrected chi connectivity index (χ1v) is 8.53. The van der Waals surface area contributed by atoms with Crippen molar-refractivity contribution in [1.82, 2.24) is 9.88 Å². The number of rotatable bonds is 4. The molecule has 1 heterocycles. The summed E-state index contributed by atoms with van der Waals surface area (Å²) in [5, 5.41) is 3.10. The largest absolute Gasteiger partial charge is 0.362 e. The molecule has 0 aliphatic rings. The average molecular weight is 426 g/mol. The van der Waals surface area contributed by atoms with E-state index in [2.05, 4.69) is 26.2 Å². The number of benzene rings is 1. The topological polar surface area (TPSA) is 65.5 Å². The lowest BCUT2D eigenvalue weighted by Gasteiger charge is -2.17. The van der Waals surface area contributed by atoms with Crippen LogP contribution in [0.4, 0.5) is 11.5 Å². The second-order valence-corrected chi connectivity index (χ2v) is 7.09. The minimum atomic E-state index is -0.367. The standard InChI is InChI=1S/C17H18BrClN4O2/c1-22(2)15-12(8-11(18)9-20-15)16(24)21-14-7-10(5-6-13(14)19)17(25)23(3)4/h5-9H,1-4H3,(H,21,24). The molecule has 0 atom stereocenters. The van der Waals surface area contributed by atoms with Crippen LogP contribution in [0.5, 0.6) is 0 Å². The number of carbonyl (C=O) groups is 2. The third-order valence-electron chi connectivity index (χ3n) is 3.37. The van der Waals surface area contributed by atoms with Crippen LogP contribution in [0.1, 0.15) is 20.7 Å². The van der Waals surface area contributed by atoms with Crippen LogP contribution < -0.4 is 10.2 Å². The molecule has 2 aromatic rings. The Kier molecular flexibility index (Phi) is 6.02. The van der Waals surface area contributed by atoms with E-state index in [0.717, 1.165) is 0 Å². The van der Waals surface area contributed by atoms with Crippen molar-refractivity contribution in [2.75, 3.05) is 38.4 Å². The second-order valence-electron chi connectivity index (χ2n) is 5.77. The van der Waals surface area contributed by atoms with Crippen molar-refractivity contribution in [3.05, 3.63) is 51.1 Å². The van der Waals surface area contributed by atoms with Crippen molar-refractivity contribution < 1.29 is 9.59 Å². The Balaban J connectivity index is 2.37. The Morgan fingerprint density at radius 1 is 1.16 bits per heavy atom. The van der Waals surface area contributed by atoms with Crippen LogP contribution in [0, 0.1) is 0 Å². The summed E-state index contributed by atoms with van der Waals surface area (Å²) in [6.45, 7) is 0. The van der Waals surface area contributed by atoms with E-state index >= 15 is 0 Å². The van der Waals surface area contributed by atoms with Gasteiger partial charge in [0.05, 0.1) is 16.3 Å². The van der Waals surface area contributed by atoms with Gasteiger partial charge < -0.3 is 15.1 Å². The smallest absolute Gasteiger partial charge is 0.259 e. The molecule has 1 N–H and O–H groups in total. The molecule has 0 unspecified atom stereocenters. The molecule has 0 saturated carbocycles. The summed E-state index contributed by atoms with van der Waals surface area (Å²) in [5.74, 6) is -0.0172. The highest BCUT2D eigenvalue weighted by Crippen LogP contribution is 2.26. The molecule has 2 rings (SSSR count). The number of nitrogens with zero attached hydrogens (tertiary/aromatic N) is 3. The third kappa shape index (κ3) is 4.49. The first-order valence-electron chi connectivity index (χ1n) is 7.36. The fourth-order valence-corrected chi connectivity index (χ4v) is 2.65. The summed E-state index contributed by atoms with van der Waals surface area (Å²) in [6, 6.07) is 6.44. The minimum absolute atomic E-state index is 0.176. The van der Waals surface area contributed by atoms with Crippen molar-refractivity contribution in [3.8, 4) is 0 Å². The average Bonchev–Trinajstić information content (AvgIpc) is 2.55. The Morgan fingerprint density at radius 2 is 1.84 bits per heavy atom. The van der Waals surface area contributed by atoms with Crippen molar-refractivity contribution in [2.45, 2.75) is 0 Å². The van der Waals surface area contributed by atoms with Gasteiger partial charge in [0, 0.05) is 44.4 Å². The van der Waals surface area contributed by atoms with Gasteiger partial charge in [0.1, 0.15) is 5.82 Å². The van der Waals surface area contributed by atoms with Crippen molar-refractivity contribution in [2.24, 2.45) is 0 Å². The van der Waals surface area contributed by atoms with Crippen LogP contribution in [0.3, 0.4) is 0 Å². The molecule has 2 amide bonds. The van der Waals surface area contributed by atoms with E-state index in [0.29, 0.717) is 32.1 Å². The van der Waals surface area contributed by atoms with Gasteiger partial charge in [-0.1, -0.05) is 11.6 Å². The molecule has 132 valence electrons. The van der Waals surface area contributed by atoms with E-state index in [-0.39, 0.29) is 11.8 Å². The Morgan fingerprint density at radius 3 is 2.44 bits per heavy atom. The van der Waals surface area contributed by atoms with E-state index in [9.17, 15) is 9.59 Å². The molecule has 6 nitrogen and oxygen atoms in total. The maximum absolute atomic E-state index is 12.7. The zero-order chi connectivity index (χ0) is 18.7. The van der Waals surface area contributed by atoms with E-state index in [1.165, 1.54) is 4.90 Å². The third-order valence-corrected chi connectivity index (χ3v) is 4.13. The zero-order valence-electron chi connectivity index (χ0n) is 14.3. The molecular weight excluding hydrogens is 408 g/mol. The summed E-state index contributed by atoms with van der Waals surface area (Å²) in [5.41, 5.74) is 1.19. The van der Waals surface area contributed by atoms with Crippen LogP contribution in [-0.2, 0) is 0 Å². The molecular formula is C17H18BrClN4O2. The highest BCUT2D eigenvalue weighted by atomic mass is 79.9. The molecule has 0 bridgehead atoms. The predicted molar refractivity (Wildman–Crippen MR) is 104 cm³/mol. The van der Waals surface area contributed by atoms with E-state index < -0.39 is 0 Å². The number of halogens is 2. The van der Waals surface area contributed by atoms with Gasteiger partial charge in [0.15, 0.2) is 0 Å². The number of amides is 2. The summed E-state index contributed by atoms with van der Waals surface area (Å²) in [6.07, 6.45) is 1.62. The van der Waals surface area contributed by atoms with Gasteiger partial charge in [0.25, 0.3) is 11.8 Å². The number of hydrogen-bond acceptors (Lipinski definition) is 4. The number of nitrogens with one attached hydrogen (secondary N) is 1. The van der Waals surface area contributed by atoms with Crippen molar-refractivity contribution in [3.63, 3.8) is 0 Å². The molecule has 1 aromatic carbocycles. The van der Waals surface area contributed by atoms with Gasteiger partial charge in [0.2, 0.25) is 0 Å². The fourth-order valence-electron chi connectivity index (χ4n) is 2.16. The molecule has 0 spiro atoms. The predicted octanol–water partition coefficient (Wildman–Crippen LogP) is 3.52. The van der Waals surface area contributed by atoms with Crippen molar-refractivity contribution >= 4 is 50.9 Å². The Hall–Kier alpha value is -2.12. The van der Waals surface area contributed by atoms with E-state index in [4.69, 9.17) is 11.6 Å². The number of pyridine rings is 1. The van der Waals surface area contributed by atoms with E-state index in [1.807, 2.05) is 0 Å². The molecule has 8 heteroatoms. The van der Waals surface area contributed by atoms with Gasteiger partial charge in [-0.15, -0.1) is 0 Å². The van der Waals surface area contributed by atoms with Gasteiger partial charge in [-0.25, -0.2) is 4.98 Å². The molecule has 25 heavy (non-hydrogen) atoms. The van der Waals surface area contributed by atoms with Gasteiger partial charge in [-0.05, 0) is 40.2 Å². The van der Waals surface area contributed by atoms with Crippen LogP contribution >= 0.6 is 27.5 Å². The summed E-state index contributed by atoms with van der Waals surface area (Å²) in [7, 11) is 6.92. The minimum Gasteiger partial charge on any atom is -0.362 e. The van der Waals surface area contributed by atoms with Crippen LogP contribution in [0.15, 0.2) is 34.9 Å². The molecule has 1 aromatic heterocycles. The van der Waals surface area contributed by atoms with Crippen molar-refractivity contribution in [1.29, 1.82) is 0 Å². The zero-order valence-corrected chi connectivity index (χ0v) is 16.6. The number of hydrogen-bond donors (Lipinski definition) is 1. The molecule has 0 fully saturated rings. The second kappa shape index (κ2) is 7.84. The summed E-state index contributed by atoms with van der Waals surface area (Å²) >= 11 is 9.49. The number of anilines is 2. The van der Waals surface area contributed by atoms with Crippen LogP contribution in [0.25, 0.3) is 0 Å². The first kappa shape index (κ1) is 19.2. The normalized spacial score (nSPS) is 10.3. The fraction of sp³-hybridized carbons (Fsp3) is 0.235. The quantitative estimate of drug-likeness (QED) is 0.814. The number of carbonyl (C=O) groups excluding carboxylic acids is 2. The van der Waals surface area contributed by atoms with Gasteiger partial charge in [-0.2, -0.15) is 0 Å². The highest BCUT2D eigenvalue weighted by Gasteiger charge is 2.18. The maximum Gasteiger partial charge on any atom is 0.259 e. The lowest BCUT2D eigenvalue weighted by molar-refractivity contribution is 0.0827. The summed E-state index contributed by atoms with van der Waals surface area (Å²) in [4.78, 5) is 32.3. The highest BCUT2D eigenvalue weighted by molar-refractivity contribution is 9.10. The summed E-state index contributed by atoms with van der Waals surface area (Å²) < 4.78 is 0.686. The van der Waals surface area contributed by atoms with Gasteiger partial charge >= 0.3 is 0 Å². The van der Waals surface area contributed by atoms with Gasteiger partial charge in [-0.3, -0.25) is 9.59 Å². The molecule has 0 saturated heterocycles. The van der Waals surface area contributed by atoms with Crippen LogP contribution in [0.2, 0.25) is 5.02 Å². The Labute approximate surface area is 159 Å². The number of aromatic nitrogens is 1.